The molecule has 8 aromatic rings. The quantitative estimate of drug-likeness (QED) is 0.0671. The number of aromatic nitrogens is 4. The monoisotopic (exact) mass is 1430 g/mol. The average Bonchev–Trinajstić information content (AvgIpc) is 4.08. The number of carboxylic acids is 1. The van der Waals surface area contributed by atoms with Crippen LogP contribution in [0.5, 0.6) is 0 Å². The third kappa shape index (κ3) is 16.4. The molecule has 0 saturated carbocycles. The number of amides is 3. The second-order valence-corrected chi connectivity index (χ2v) is 19.8. The number of hydrogen-bond donors (Lipinski definition) is 3. The fourth-order valence-electron chi connectivity index (χ4n) is 8.31. The van der Waals surface area contributed by atoms with Gasteiger partial charge in [-0.1, -0.05) is 115 Å². The molecule has 2 aliphatic heterocycles. The molecule has 4 aromatic carbocycles. The van der Waals surface area contributed by atoms with Crippen molar-refractivity contribution in [2.45, 2.75) is 20.8 Å². The van der Waals surface area contributed by atoms with Crippen molar-refractivity contribution in [1.29, 1.82) is 1.34 Å². The number of nitrogens with one attached hydrogen (secondary N) is 1. The van der Waals surface area contributed by atoms with Crippen molar-refractivity contribution in [1.82, 2.24) is 34.0 Å². The summed E-state index contributed by atoms with van der Waals surface area (Å²) < 4.78 is 19.0. The first-order valence-electron chi connectivity index (χ1n) is 25.3. The summed E-state index contributed by atoms with van der Waals surface area (Å²) in [5.74, 6) is 4.21. The Balaban J connectivity index is 0.000000225. The van der Waals surface area contributed by atoms with Gasteiger partial charge in [0.05, 0.1) is 89.8 Å². The van der Waals surface area contributed by atoms with E-state index in [1.807, 2.05) is 65.6 Å². The fraction of sp³-hybridized carbons (Fsp3) is 0.250. The number of nitrogens with zero attached hydrogens (tertiary/aromatic N) is 7. The van der Waals surface area contributed by atoms with Crippen LogP contribution >= 0.6 is 69.6 Å². The van der Waals surface area contributed by atoms with Crippen molar-refractivity contribution < 1.29 is 64.9 Å². The van der Waals surface area contributed by atoms with E-state index < -0.39 is 11.9 Å². The van der Waals surface area contributed by atoms with E-state index in [0.717, 1.165) is 33.3 Å². The van der Waals surface area contributed by atoms with Gasteiger partial charge in [0.15, 0.2) is 0 Å². The maximum Gasteiger partial charge on any atom is 0.338 e. The predicted molar refractivity (Wildman–Crippen MR) is 318 cm³/mol. The molecule has 16 nitrogen and oxygen atoms in total. The number of carbonyl (C=O) groups is 4. The number of morpholine rings is 2. The molecule has 10 rings (SSSR count). The molecule has 4 aromatic heterocycles. The van der Waals surface area contributed by atoms with Crippen molar-refractivity contribution in [2.75, 3.05) is 83.5 Å². The molecule has 0 bridgehead atoms. The third-order valence-corrected chi connectivity index (χ3v) is 14.9. The van der Waals surface area contributed by atoms with Crippen LogP contribution in [-0.4, -0.2) is 145 Å². The maximum absolute atomic E-state index is 12.9. The van der Waals surface area contributed by atoms with Gasteiger partial charge >= 0.3 is 5.97 Å². The second kappa shape index (κ2) is 31.2. The Labute approximate surface area is 520 Å². The van der Waals surface area contributed by atoms with E-state index in [-0.39, 0.29) is 84.2 Å². The maximum atomic E-state index is 12.9. The molecule has 2 fully saturated rings. The van der Waals surface area contributed by atoms with E-state index in [2.05, 4.69) is 49.4 Å². The number of fused-ring (bicyclic) bond motifs is 2. The molecule has 2 saturated heterocycles. The Morgan fingerprint density at radius 1 is 0.613 bits per heavy atom. The summed E-state index contributed by atoms with van der Waals surface area (Å²) in [5.41, 5.74) is 10.5. The van der Waals surface area contributed by atoms with Gasteiger partial charge in [0, 0.05) is 113 Å². The molecule has 0 aliphatic carbocycles. The number of carbonyl (C=O) groups excluding carboxylic acids is 3. The number of ether oxygens (including phenoxy) is 2. The Hall–Kier alpha value is -5.32. The zero-order chi connectivity index (χ0) is 58.0. The molecule has 0 atom stereocenters. The first-order chi connectivity index (χ1) is 38.5. The molecule has 2 radical (unpaired) electrons. The Kier molecular flexibility index (Phi) is 24.9. The van der Waals surface area contributed by atoms with Crippen molar-refractivity contribution in [3.8, 4) is 22.3 Å². The molecule has 2 aliphatic rings. The Bertz CT molecular complexity index is 3450. The van der Waals surface area contributed by atoms with Gasteiger partial charge in [-0.15, -0.1) is 0 Å². The normalized spacial score (nSPS) is 12.9. The summed E-state index contributed by atoms with van der Waals surface area (Å²) in [4.78, 5) is 64.0. The van der Waals surface area contributed by atoms with Gasteiger partial charge in [-0.05, 0) is 105 Å². The average molecular weight is 1430 g/mol. The van der Waals surface area contributed by atoms with E-state index in [1.54, 1.807) is 51.2 Å². The van der Waals surface area contributed by atoms with Crippen molar-refractivity contribution in [2.24, 2.45) is 0 Å². The number of pyridine rings is 2. The molecule has 4 N–H and O–H groups in total. The molecule has 0 unspecified atom stereocenters. The minimum absolute atomic E-state index is 0. The smallest absolute Gasteiger partial charge is 0.338 e. The van der Waals surface area contributed by atoms with Crippen LogP contribution in [0.4, 0.5) is 0 Å². The van der Waals surface area contributed by atoms with E-state index in [9.17, 15) is 19.2 Å². The SMILES string of the molecule is CCN(CC)CC.Nn1ccc2ncc(-c3cccc(C(=O)N4CCOCC4)c3)cc21.O=C(Nn1ccc2ncc(-c3cccc(C(=O)N4CCOCC4)c3)cc21)c1c(Cl)ccc(Cl)c1Cl.O=C(O)c1c(Cl)ccc(Cl)c1Cl.[3H][B].[U]. The molecule has 6 heterocycles. The Morgan fingerprint density at radius 2 is 1.04 bits per heavy atom. The molecule has 80 heavy (non-hydrogen) atoms. The molecular formula is C56H56BCl6N9O7U. The van der Waals surface area contributed by atoms with Crippen LogP contribution < -0.4 is 11.3 Å². The number of carboxylic acid groups (broad SMARTS) is 1. The van der Waals surface area contributed by atoms with Crippen LogP contribution in [0, 0.1) is 31.1 Å². The number of benzene rings is 4. The summed E-state index contributed by atoms with van der Waals surface area (Å²) in [7, 11) is 3.75. The summed E-state index contributed by atoms with van der Waals surface area (Å²) in [6.45, 7) is 14.8. The molecule has 416 valence electrons. The van der Waals surface area contributed by atoms with Crippen molar-refractivity contribution >= 4 is 124 Å². The number of nitrogen functional groups attached to an aromatic ring is 1. The third-order valence-electron chi connectivity index (χ3n) is 12.7. The number of aromatic carboxylic acids is 1. The zero-order valence-corrected chi connectivity index (χ0v) is 52.5. The summed E-state index contributed by atoms with van der Waals surface area (Å²) in [6.07, 6.45) is 7.00. The topological polar surface area (TPSA) is 190 Å². The minimum atomic E-state index is -1.19. The zero-order valence-electron chi connectivity index (χ0n) is 44.8. The van der Waals surface area contributed by atoms with Crippen LogP contribution in [0.25, 0.3) is 44.3 Å². The number of halogens is 6. The number of hydrogen-bond acceptors (Lipinski definition) is 10. The Morgan fingerprint density at radius 3 is 1.49 bits per heavy atom. The first-order valence-corrected chi connectivity index (χ1v) is 27.0. The van der Waals surface area contributed by atoms with Crippen LogP contribution in [0.1, 0.15) is 62.2 Å². The standard InChI is InChI=1S/C25H19Cl3N4O3.C18H18N4O2.C7H3Cl3O2.C6H15N.BH.U/c26-18-4-5-19(27)23(28)22(18)24(33)30-32-7-6-20-21(32)13-17(14-29-20)15-2-1-3-16(12-15)25(34)31-8-10-35-11-9-31;19-22-5-4-16-17(22)11-15(12-20-16)13-2-1-3-14(10-13)18(23)21-6-8-24-9-7-21;8-3-1-2-4(9)6(10)5(3)7(11)12;1-4-7(5-2)6-3;;/h1-7,12-14H,8-11H2,(H,30,33);1-5,10-12H,6-9,19H2;1-2H,(H,11,12);4-6H2,1-3H3;1H;/i;;;;1T;. The van der Waals surface area contributed by atoms with Crippen molar-refractivity contribution in [3.05, 3.63) is 174 Å². The summed E-state index contributed by atoms with van der Waals surface area (Å²) in [6, 6.07) is 28.4. The van der Waals surface area contributed by atoms with Gasteiger partial charge < -0.3 is 35.1 Å². The van der Waals surface area contributed by atoms with E-state index in [1.165, 1.54) is 43.9 Å². The van der Waals surface area contributed by atoms with Gasteiger partial charge in [0.1, 0.15) is 0 Å². The van der Waals surface area contributed by atoms with Gasteiger partial charge in [0.2, 0.25) is 0 Å². The fourth-order valence-corrected chi connectivity index (χ4v) is 9.70. The van der Waals surface area contributed by atoms with Crippen LogP contribution in [0.3, 0.4) is 0 Å². The second-order valence-electron chi connectivity index (χ2n) is 17.4. The van der Waals surface area contributed by atoms with Crippen LogP contribution in [0.2, 0.25) is 30.1 Å². The molecule has 3 amide bonds. The van der Waals surface area contributed by atoms with Crippen LogP contribution in [-0.2, 0) is 9.47 Å². The van der Waals surface area contributed by atoms with E-state index >= 15 is 0 Å². The molecular weight excluding hydrogens is 1370 g/mol. The number of rotatable bonds is 10. The minimum Gasteiger partial charge on any atom is -0.478 e. The molecule has 0 spiro atoms. The largest absolute Gasteiger partial charge is 0.478 e. The van der Waals surface area contributed by atoms with Gasteiger partial charge in [-0.2, -0.15) is 0 Å². The predicted octanol–water partition coefficient (Wildman–Crippen LogP) is 11.5. The van der Waals surface area contributed by atoms with E-state index in [0.29, 0.717) is 74.8 Å². The first kappa shape index (κ1) is 63.9. The van der Waals surface area contributed by atoms with Gasteiger partial charge in [-0.25, -0.2) is 4.79 Å². The van der Waals surface area contributed by atoms with Gasteiger partial charge in [0.25, 0.3) is 17.7 Å². The molecule has 24 heteroatoms. The van der Waals surface area contributed by atoms with Crippen LogP contribution in [0.15, 0.2) is 122 Å². The van der Waals surface area contributed by atoms with Gasteiger partial charge in [-0.3, -0.25) is 39.1 Å². The summed E-state index contributed by atoms with van der Waals surface area (Å²) >= 11 is 35.2. The van der Waals surface area contributed by atoms with E-state index in [4.69, 9.17) is 91.4 Å². The van der Waals surface area contributed by atoms with Crippen molar-refractivity contribution in [3.63, 3.8) is 0 Å². The summed E-state index contributed by atoms with van der Waals surface area (Å²) in [5, 5.41) is 9.37. The number of nitrogens with two attached hydrogens (primary N) is 1.